The van der Waals surface area contributed by atoms with Crippen LogP contribution in [0.3, 0.4) is 0 Å². The summed E-state index contributed by atoms with van der Waals surface area (Å²) in [5.41, 5.74) is 2.93. The van der Waals surface area contributed by atoms with Crippen LogP contribution in [-0.4, -0.2) is 16.8 Å². The van der Waals surface area contributed by atoms with Crippen molar-refractivity contribution in [2.75, 3.05) is 4.90 Å². The van der Waals surface area contributed by atoms with Crippen molar-refractivity contribution in [2.24, 2.45) is 0 Å². The number of aliphatic hydroxyl groups is 1. The summed E-state index contributed by atoms with van der Waals surface area (Å²) >= 11 is 6.17. The fourth-order valence-electron chi connectivity index (χ4n) is 3.85. The van der Waals surface area contributed by atoms with Crippen LogP contribution in [0.2, 0.25) is 5.02 Å². The van der Waals surface area contributed by atoms with Crippen molar-refractivity contribution in [3.05, 3.63) is 106 Å². The van der Waals surface area contributed by atoms with E-state index >= 15 is 0 Å². The molecule has 4 rings (SSSR count). The van der Waals surface area contributed by atoms with Crippen LogP contribution in [0, 0.1) is 0 Å². The molecular weight excluding hydrogens is 410 g/mol. The lowest BCUT2D eigenvalue weighted by Crippen LogP contribution is -2.29. The number of rotatable bonds is 4. The predicted molar refractivity (Wildman–Crippen MR) is 123 cm³/mol. The maximum absolute atomic E-state index is 13.1. The van der Waals surface area contributed by atoms with E-state index in [0.29, 0.717) is 22.2 Å². The Morgan fingerprint density at radius 1 is 0.935 bits per heavy atom. The minimum atomic E-state index is -0.764. The molecule has 3 aromatic carbocycles. The molecule has 1 saturated heterocycles. The molecule has 0 spiro atoms. The summed E-state index contributed by atoms with van der Waals surface area (Å²) in [5, 5.41) is 11.5. The first kappa shape index (κ1) is 20.9. The van der Waals surface area contributed by atoms with Crippen molar-refractivity contribution in [1.29, 1.82) is 0 Å². The summed E-state index contributed by atoms with van der Waals surface area (Å²) < 4.78 is 0. The summed E-state index contributed by atoms with van der Waals surface area (Å²) in [6.45, 7) is 4.20. The molecule has 31 heavy (non-hydrogen) atoms. The third kappa shape index (κ3) is 3.87. The van der Waals surface area contributed by atoms with Crippen LogP contribution >= 0.6 is 11.6 Å². The van der Waals surface area contributed by atoms with Gasteiger partial charge in [-0.15, -0.1) is 0 Å². The lowest BCUT2D eigenvalue weighted by Gasteiger charge is -2.26. The number of hydrogen-bond donors (Lipinski definition) is 1. The monoisotopic (exact) mass is 431 g/mol. The Hall–Kier alpha value is -3.37. The van der Waals surface area contributed by atoms with Gasteiger partial charge in [0.15, 0.2) is 0 Å². The third-order valence-corrected chi connectivity index (χ3v) is 5.73. The Morgan fingerprint density at radius 2 is 1.61 bits per heavy atom. The summed E-state index contributed by atoms with van der Waals surface area (Å²) in [7, 11) is 0. The van der Waals surface area contributed by atoms with E-state index in [-0.39, 0.29) is 11.3 Å². The molecule has 1 atom stereocenters. The number of benzene rings is 3. The van der Waals surface area contributed by atoms with E-state index in [1.807, 2.05) is 30.3 Å². The number of amides is 1. The van der Waals surface area contributed by atoms with Gasteiger partial charge in [0.2, 0.25) is 0 Å². The molecule has 0 saturated carbocycles. The van der Waals surface area contributed by atoms with E-state index in [1.165, 1.54) is 4.90 Å². The zero-order valence-electron chi connectivity index (χ0n) is 17.2. The van der Waals surface area contributed by atoms with Crippen molar-refractivity contribution in [3.63, 3.8) is 0 Å². The molecule has 0 unspecified atom stereocenters. The highest BCUT2D eigenvalue weighted by molar-refractivity contribution is 6.51. The number of ketones is 1. The number of Topliss-reactive ketones (excluding diaryl/α,β-unsaturated/α-hetero) is 1. The Balaban J connectivity index is 1.93. The van der Waals surface area contributed by atoms with Gasteiger partial charge in [-0.05, 0) is 35.2 Å². The van der Waals surface area contributed by atoms with Crippen molar-refractivity contribution < 1.29 is 14.7 Å². The Kier molecular flexibility index (Phi) is 5.66. The quantitative estimate of drug-likeness (QED) is 0.309. The molecule has 0 bridgehead atoms. The normalized spacial score (nSPS) is 18.1. The van der Waals surface area contributed by atoms with Gasteiger partial charge in [0, 0.05) is 16.3 Å². The molecular formula is C26H22ClNO3. The second kappa shape index (κ2) is 8.40. The van der Waals surface area contributed by atoms with Gasteiger partial charge in [-0.25, -0.2) is 0 Å². The number of anilines is 1. The average molecular weight is 432 g/mol. The number of carbonyl (C=O) groups excluding carboxylic acids is 2. The van der Waals surface area contributed by atoms with E-state index in [2.05, 4.69) is 13.8 Å². The highest BCUT2D eigenvalue weighted by Gasteiger charge is 2.47. The van der Waals surface area contributed by atoms with Gasteiger partial charge in [0.1, 0.15) is 5.76 Å². The molecule has 3 aromatic rings. The lowest BCUT2D eigenvalue weighted by atomic mass is 9.93. The van der Waals surface area contributed by atoms with Gasteiger partial charge in [-0.3, -0.25) is 14.5 Å². The van der Waals surface area contributed by atoms with Crippen molar-refractivity contribution in [3.8, 4) is 0 Å². The first-order valence-electron chi connectivity index (χ1n) is 10.1. The number of halogens is 1. The van der Waals surface area contributed by atoms with Gasteiger partial charge in [-0.1, -0.05) is 86.1 Å². The topological polar surface area (TPSA) is 57.6 Å². The minimum absolute atomic E-state index is 0.0634. The summed E-state index contributed by atoms with van der Waals surface area (Å²) in [6.07, 6.45) is 0. The molecule has 0 aromatic heterocycles. The van der Waals surface area contributed by atoms with Crippen LogP contribution < -0.4 is 4.90 Å². The number of nitrogens with zero attached hydrogens (tertiary/aromatic N) is 1. The summed E-state index contributed by atoms with van der Waals surface area (Å²) in [4.78, 5) is 27.6. The third-order valence-electron chi connectivity index (χ3n) is 5.50. The maximum atomic E-state index is 13.1. The number of aliphatic hydroxyl groups excluding tert-OH is 1. The van der Waals surface area contributed by atoms with E-state index in [1.54, 1.807) is 48.5 Å². The Labute approximate surface area is 186 Å². The Bertz CT molecular complexity index is 1170. The lowest BCUT2D eigenvalue weighted by molar-refractivity contribution is -0.132. The largest absolute Gasteiger partial charge is 0.507 e. The van der Waals surface area contributed by atoms with Crippen LogP contribution in [-0.2, 0) is 9.59 Å². The van der Waals surface area contributed by atoms with Gasteiger partial charge >= 0.3 is 0 Å². The van der Waals surface area contributed by atoms with Crippen LogP contribution in [0.25, 0.3) is 5.76 Å². The molecule has 1 aliphatic rings. The summed E-state index contributed by atoms with van der Waals surface area (Å²) in [6, 6.07) is 22.6. The van der Waals surface area contributed by atoms with Gasteiger partial charge < -0.3 is 5.11 Å². The van der Waals surface area contributed by atoms with E-state index in [4.69, 9.17) is 11.6 Å². The van der Waals surface area contributed by atoms with Gasteiger partial charge in [-0.2, -0.15) is 0 Å². The minimum Gasteiger partial charge on any atom is -0.507 e. The van der Waals surface area contributed by atoms with Crippen LogP contribution in [0.1, 0.15) is 42.5 Å². The molecule has 0 aliphatic carbocycles. The molecule has 1 amide bonds. The fourth-order valence-corrected chi connectivity index (χ4v) is 4.04. The van der Waals surface area contributed by atoms with E-state index in [9.17, 15) is 14.7 Å². The molecule has 1 aliphatic heterocycles. The number of carbonyl (C=O) groups is 2. The summed E-state index contributed by atoms with van der Waals surface area (Å²) in [5.74, 6) is -1.27. The van der Waals surface area contributed by atoms with E-state index < -0.39 is 17.7 Å². The zero-order valence-corrected chi connectivity index (χ0v) is 18.0. The second-order valence-corrected chi connectivity index (χ2v) is 8.27. The highest BCUT2D eigenvalue weighted by Crippen LogP contribution is 2.42. The average Bonchev–Trinajstić information content (AvgIpc) is 3.04. The first-order chi connectivity index (χ1) is 14.9. The molecule has 1 fully saturated rings. The van der Waals surface area contributed by atoms with Gasteiger partial charge in [0.25, 0.3) is 11.7 Å². The maximum Gasteiger partial charge on any atom is 0.300 e. The smallest absolute Gasteiger partial charge is 0.300 e. The molecule has 1 heterocycles. The van der Waals surface area contributed by atoms with Crippen molar-refractivity contribution in [1.82, 2.24) is 0 Å². The van der Waals surface area contributed by atoms with E-state index in [0.717, 1.165) is 11.1 Å². The zero-order chi connectivity index (χ0) is 22.1. The van der Waals surface area contributed by atoms with Crippen LogP contribution in [0.5, 0.6) is 0 Å². The van der Waals surface area contributed by atoms with Crippen LogP contribution in [0.4, 0.5) is 5.69 Å². The van der Waals surface area contributed by atoms with Gasteiger partial charge in [0.05, 0.1) is 11.6 Å². The number of hydrogen-bond acceptors (Lipinski definition) is 3. The van der Waals surface area contributed by atoms with Crippen LogP contribution in [0.15, 0.2) is 84.4 Å². The van der Waals surface area contributed by atoms with Crippen molar-refractivity contribution in [2.45, 2.75) is 25.8 Å². The second-order valence-electron chi connectivity index (χ2n) is 7.84. The molecule has 5 heteroatoms. The van der Waals surface area contributed by atoms with Crippen molar-refractivity contribution >= 4 is 34.7 Å². The standard InChI is InChI=1S/C26H22ClNO3/c1-16(2)17-11-13-18(14-12-17)23-22(24(29)19-7-4-3-5-8-19)25(30)26(31)28(23)21-10-6-9-20(27)15-21/h3-16,23,29H,1-2H3/t23-/m1/s1. The molecule has 156 valence electrons. The highest BCUT2D eigenvalue weighted by atomic mass is 35.5. The predicted octanol–water partition coefficient (Wildman–Crippen LogP) is 6.09. The Morgan fingerprint density at radius 3 is 2.23 bits per heavy atom. The molecule has 1 N–H and O–H groups in total. The SMILES string of the molecule is CC(C)c1ccc([C@@H]2C(=C(O)c3ccccc3)C(=O)C(=O)N2c2cccc(Cl)c2)cc1. The fraction of sp³-hybridized carbons (Fsp3) is 0.154. The molecule has 0 radical (unpaired) electrons. The molecule has 4 nitrogen and oxygen atoms in total. The first-order valence-corrected chi connectivity index (χ1v) is 10.5.